The van der Waals surface area contributed by atoms with Crippen LogP contribution in [0.4, 0.5) is 0 Å². The fraction of sp³-hybridized carbons (Fsp3) is 0.743. The number of hydrogen-bond donors (Lipinski definition) is 2. The van der Waals surface area contributed by atoms with Gasteiger partial charge in [-0.2, -0.15) is 0 Å². The van der Waals surface area contributed by atoms with E-state index in [4.69, 9.17) is 4.74 Å². The van der Waals surface area contributed by atoms with Gasteiger partial charge in [-0.05, 0) is 139 Å². The van der Waals surface area contributed by atoms with Crippen LogP contribution in [-0.4, -0.2) is 22.3 Å². The Kier molecular flexibility index (Phi) is 6.47. The number of phenolic OH excluding ortho intramolecular Hbond substituents is 2. The van der Waals surface area contributed by atoms with Gasteiger partial charge in [-0.25, -0.2) is 4.79 Å². The lowest BCUT2D eigenvalue weighted by Crippen LogP contribution is -2.65. The molecule has 4 heteroatoms. The van der Waals surface area contributed by atoms with Crippen molar-refractivity contribution in [2.75, 3.05) is 0 Å². The van der Waals surface area contributed by atoms with Gasteiger partial charge in [-0.3, -0.25) is 0 Å². The first-order valence-corrected chi connectivity index (χ1v) is 15.8. The van der Waals surface area contributed by atoms with Crippen LogP contribution in [0.25, 0.3) is 6.08 Å². The largest absolute Gasteiger partial charge is 0.504 e. The lowest BCUT2D eigenvalue weighted by molar-refractivity contribution is -0.233. The van der Waals surface area contributed by atoms with E-state index in [-0.39, 0.29) is 23.6 Å². The second-order valence-electron chi connectivity index (χ2n) is 15.3. The van der Waals surface area contributed by atoms with Gasteiger partial charge in [0.1, 0.15) is 6.10 Å². The normalized spacial score (nSPS) is 47.1. The van der Waals surface area contributed by atoms with Crippen molar-refractivity contribution in [3.63, 3.8) is 0 Å². The van der Waals surface area contributed by atoms with E-state index in [1.54, 1.807) is 12.1 Å². The third-order valence-electron chi connectivity index (χ3n) is 14.0. The van der Waals surface area contributed by atoms with Crippen LogP contribution in [0.15, 0.2) is 24.3 Å². The third kappa shape index (κ3) is 4.01. The number of aromatic hydroxyl groups is 2. The Hall–Kier alpha value is -1.97. The number of ether oxygens (including phenoxy) is 1. The molecule has 5 aliphatic carbocycles. The van der Waals surface area contributed by atoms with Gasteiger partial charge in [-0.1, -0.05) is 47.1 Å². The van der Waals surface area contributed by atoms with Crippen LogP contribution in [0.5, 0.6) is 11.5 Å². The van der Waals surface area contributed by atoms with Gasteiger partial charge >= 0.3 is 5.97 Å². The summed E-state index contributed by atoms with van der Waals surface area (Å²) in [7, 11) is 0. The quantitative estimate of drug-likeness (QED) is 0.232. The molecule has 4 nitrogen and oxygen atoms in total. The molecule has 0 aromatic heterocycles. The van der Waals surface area contributed by atoms with E-state index < -0.39 is 0 Å². The number of hydrogen-bond acceptors (Lipinski definition) is 4. The molecular formula is C35H50O4. The predicted octanol–water partition coefficient (Wildman–Crippen LogP) is 8.51. The molecule has 214 valence electrons. The molecule has 0 heterocycles. The van der Waals surface area contributed by atoms with Crippen LogP contribution in [0.2, 0.25) is 0 Å². The van der Waals surface area contributed by atoms with Crippen LogP contribution >= 0.6 is 0 Å². The van der Waals surface area contributed by atoms with E-state index in [1.807, 2.05) is 0 Å². The van der Waals surface area contributed by atoms with E-state index >= 15 is 0 Å². The van der Waals surface area contributed by atoms with Gasteiger partial charge in [0, 0.05) is 6.08 Å². The Balaban J connectivity index is 1.17. The van der Waals surface area contributed by atoms with Crippen molar-refractivity contribution < 1.29 is 19.7 Å². The maximum Gasteiger partial charge on any atom is 0.331 e. The summed E-state index contributed by atoms with van der Waals surface area (Å²) in [5, 5.41) is 19.2. The highest BCUT2D eigenvalue weighted by molar-refractivity contribution is 5.87. The first-order valence-electron chi connectivity index (χ1n) is 15.8. The van der Waals surface area contributed by atoms with Crippen molar-refractivity contribution in [1.82, 2.24) is 0 Å². The zero-order valence-electron chi connectivity index (χ0n) is 24.8. The Morgan fingerprint density at radius 1 is 0.846 bits per heavy atom. The van der Waals surface area contributed by atoms with Gasteiger partial charge in [0.2, 0.25) is 0 Å². The molecule has 0 spiro atoms. The lowest BCUT2D eigenvalue weighted by atomic mass is 9.33. The summed E-state index contributed by atoms with van der Waals surface area (Å²) in [5.41, 5.74) is 2.44. The number of phenols is 2. The van der Waals surface area contributed by atoms with E-state index in [2.05, 4.69) is 34.6 Å². The van der Waals surface area contributed by atoms with Crippen molar-refractivity contribution in [3.8, 4) is 11.5 Å². The lowest BCUT2D eigenvalue weighted by Gasteiger charge is -2.71. The zero-order valence-corrected chi connectivity index (χ0v) is 24.8. The Labute approximate surface area is 235 Å². The molecule has 5 saturated carbocycles. The molecule has 5 fully saturated rings. The van der Waals surface area contributed by atoms with Crippen molar-refractivity contribution in [3.05, 3.63) is 29.8 Å². The second-order valence-corrected chi connectivity index (χ2v) is 15.3. The van der Waals surface area contributed by atoms with Gasteiger partial charge in [0.05, 0.1) is 0 Å². The first-order chi connectivity index (χ1) is 18.4. The van der Waals surface area contributed by atoms with Crippen LogP contribution < -0.4 is 0 Å². The third-order valence-corrected chi connectivity index (χ3v) is 14.0. The summed E-state index contributed by atoms with van der Waals surface area (Å²) in [6, 6.07) is 4.54. The highest BCUT2D eigenvalue weighted by Gasteiger charge is 2.68. The minimum absolute atomic E-state index is 0.0430. The van der Waals surface area contributed by atoms with Crippen molar-refractivity contribution in [2.24, 2.45) is 51.2 Å². The molecule has 9 unspecified atom stereocenters. The molecule has 0 saturated heterocycles. The van der Waals surface area contributed by atoms with Gasteiger partial charge in [-0.15, -0.1) is 0 Å². The van der Waals surface area contributed by atoms with Gasteiger partial charge in [0.15, 0.2) is 11.5 Å². The number of fused-ring (bicyclic) bond motifs is 7. The van der Waals surface area contributed by atoms with Crippen molar-refractivity contribution >= 4 is 12.0 Å². The molecule has 0 amide bonds. The standard InChI is InChI=1S/C35H50O4/c1-22-24-14-18-35(5)30(12-10-26-25-7-6-16-32(25,2)19-20-34(26,35)4)33(24,3)17-15-29(22)39-31(38)13-9-23-8-11-27(36)28(37)21-23/h8-9,11,13,21-22,24-26,29-30,36-37H,6-7,10,12,14-20H2,1-5H3/b13-9+/t22?,24?,25?,26?,29?,30?,32?,33?,34-,35?/m1/s1. The molecule has 5 aliphatic rings. The summed E-state index contributed by atoms with van der Waals surface area (Å²) >= 11 is 0. The minimum Gasteiger partial charge on any atom is -0.504 e. The van der Waals surface area contributed by atoms with Crippen LogP contribution in [0, 0.1) is 51.2 Å². The zero-order chi connectivity index (χ0) is 27.8. The van der Waals surface area contributed by atoms with E-state index in [0.29, 0.717) is 39.1 Å². The molecule has 10 atom stereocenters. The summed E-state index contributed by atoms with van der Waals surface area (Å²) < 4.78 is 6.06. The number of carbonyl (C=O) groups excluding carboxylic acids is 1. The summed E-state index contributed by atoms with van der Waals surface area (Å²) in [6.45, 7) is 13.0. The Morgan fingerprint density at radius 2 is 1.64 bits per heavy atom. The Bertz CT molecular complexity index is 1160. The molecule has 1 aromatic rings. The predicted molar refractivity (Wildman–Crippen MR) is 155 cm³/mol. The molecule has 1 aromatic carbocycles. The van der Waals surface area contributed by atoms with Crippen molar-refractivity contribution in [2.45, 2.75) is 111 Å². The van der Waals surface area contributed by atoms with Gasteiger partial charge < -0.3 is 14.9 Å². The summed E-state index contributed by atoms with van der Waals surface area (Å²) in [4.78, 5) is 12.8. The topological polar surface area (TPSA) is 66.8 Å². The average Bonchev–Trinajstić information content (AvgIpc) is 3.29. The monoisotopic (exact) mass is 534 g/mol. The molecule has 6 rings (SSSR count). The second kappa shape index (κ2) is 9.28. The van der Waals surface area contributed by atoms with Crippen LogP contribution in [-0.2, 0) is 9.53 Å². The number of carbonyl (C=O) groups is 1. The fourth-order valence-electron chi connectivity index (χ4n) is 11.6. The number of rotatable bonds is 3. The molecule has 2 N–H and O–H groups in total. The number of benzene rings is 1. The average molecular weight is 535 g/mol. The van der Waals surface area contributed by atoms with Crippen LogP contribution in [0.1, 0.15) is 111 Å². The minimum atomic E-state index is -0.321. The smallest absolute Gasteiger partial charge is 0.331 e. The molecule has 39 heavy (non-hydrogen) atoms. The summed E-state index contributed by atoms with van der Waals surface area (Å²) in [6.07, 6.45) is 17.7. The van der Waals surface area contributed by atoms with Crippen LogP contribution in [0.3, 0.4) is 0 Å². The van der Waals surface area contributed by atoms with E-state index in [9.17, 15) is 15.0 Å². The fourth-order valence-corrected chi connectivity index (χ4v) is 11.6. The molecule has 0 bridgehead atoms. The molecular weight excluding hydrogens is 484 g/mol. The van der Waals surface area contributed by atoms with E-state index in [1.165, 1.54) is 76.0 Å². The maximum atomic E-state index is 12.8. The number of esters is 1. The Morgan fingerprint density at radius 3 is 2.41 bits per heavy atom. The highest BCUT2D eigenvalue weighted by atomic mass is 16.5. The highest BCUT2D eigenvalue weighted by Crippen LogP contribution is 2.75. The molecule has 0 radical (unpaired) electrons. The maximum absolute atomic E-state index is 12.8. The van der Waals surface area contributed by atoms with E-state index in [0.717, 1.165) is 30.6 Å². The first kappa shape index (κ1) is 27.2. The SMILES string of the molecule is CC1C(OC(=O)/C=C/c2ccc(O)c(O)c2)CCC2(C)C1CCC1(C)C2CCC2C3CCCC3(C)CC[C@]21C. The van der Waals surface area contributed by atoms with Gasteiger partial charge in [0.25, 0.3) is 0 Å². The van der Waals surface area contributed by atoms with Crippen molar-refractivity contribution in [1.29, 1.82) is 0 Å². The molecule has 0 aliphatic heterocycles. The summed E-state index contributed by atoms with van der Waals surface area (Å²) in [5.74, 6) is 2.88.